The molecular formula is C25H28N6O3. The van der Waals surface area contributed by atoms with Crippen molar-refractivity contribution in [3.05, 3.63) is 42.4 Å². The molecule has 2 saturated heterocycles. The number of anilines is 1. The van der Waals surface area contributed by atoms with Gasteiger partial charge in [0, 0.05) is 30.4 Å². The predicted molar refractivity (Wildman–Crippen MR) is 127 cm³/mol. The number of carbonyl (C=O) groups is 1. The number of pyridine rings is 2. The lowest BCUT2D eigenvalue weighted by atomic mass is 9.73. The average molecular weight is 461 g/mol. The molecule has 0 unspecified atom stereocenters. The fourth-order valence-electron chi connectivity index (χ4n) is 5.56. The maximum atomic E-state index is 12.0. The number of aromatic nitrogens is 3. The highest BCUT2D eigenvalue weighted by Crippen LogP contribution is 2.51. The second kappa shape index (κ2) is 7.62. The first-order valence-corrected chi connectivity index (χ1v) is 11.5. The minimum Gasteiger partial charge on any atom is -0.492 e. The molecule has 9 nitrogen and oxygen atoms in total. The smallest absolute Gasteiger partial charge is 0.407 e. The van der Waals surface area contributed by atoms with Crippen molar-refractivity contribution in [1.29, 1.82) is 5.26 Å². The molecule has 2 atom stereocenters. The molecule has 0 spiro atoms. The third-order valence-corrected chi connectivity index (χ3v) is 7.35. The SMILES string of the molecule is CCOc1cc(-c2ccc(N3C[C@@]4(C(C)(C)C)C[C@H]3CN4C(=O)O)nc2)c2c(C#N)cnn2c1. The molecule has 34 heavy (non-hydrogen) atoms. The van der Waals surface area contributed by atoms with Crippen LogP contribution < -0.4 is 9.64 Å². The monoisotopic (exact) mass is 460 g/mol. The average Bonchev–Trinajstić information content (AvgIpc) is 3.50. The Bertz CT molecular complexity index is 1300. The van der Waals surface area contributed by atoms with E-state index < -0.39 is 11.6 Å². The van der Waals surface area contributed by atoms with Crippen LogP contribution in [0.3, 0.4) is 0 Å². The summed E-state index contributed by atoms with van der Waals surface area (Å²) in [4.78, 5) is 20.6. The molecule has 0 aliphatic carbocycles. The van der Waals surface area contributed by atoms with E-state index in [0.717, 1.165) is 23.4 Å². The second-order valence-electron chi connectivity index (χ2n) is 10.1. The van der Waals surface area contributed by atoms with Crippen LogP contribution in [0, 0.1) is 16.7 Å². The van der Waals surface area contributed by atoms with Gasteiger partial charge in [-0.15, -0.1) is 0 Å². The van der Waals surface area contributed by atoms with Crippen molar-refractivity contribution in [1.82, 2.24) is 19.5 Å². The molecule has 2 fully saturated rings. The molecule has 2 aliphatic heterocycles. The van der Waals surface area contributed by atoms with Gasteiger partial charge in [0.15, 0.2) is 0 Å². The Balaban J connectivity index is 1.50. The van der Waals surface area contributed by atoms with Crippen LogP contribution >= 0.6 is 0 Å². The van der Waals surface area contributed by atoms with E-state index in [4.69, 9.17) is 9.72 Å². The van der Waals surface area contributed by atoms with Crippen LogP contribution in [0.5, 0.6) is 5.75 Å². The number of piperazine rings is 1. The Hall–Kier alpha value is -3.80. The van der Waals surface area contributed by atoms with Gasteiger partial charge in [-0.1, -0.05) is 20.8 Å². The molecule has 0 saturated carbocycles. The van der Waals surface area contributed by atoms with Gasteiger partial charge in [0.05, 0.1) is 41.7 Å². The van der Waals surface area contributed by atoms with Crippen molar-refractivity contribution >= 4 is 17.4 Å². The van der Waals surface area contributed by atoms with Crippen LogP contribution in [0.2, 0.25) is 0 Å². The minimum atomic E-state index is -0.854. The fourth-order valence-corrected chi connectivity index (χ4v) is 5.56. The molecule has 2 aliphatic rings. The third kappa shape index (κ3) is 3.16. The number of rotatable bonds is 4. The second-order valence-corrected chi connectivity index (χ2v) is 10.1. The van der Waals surface area contributed by atoms with Gasteiger partial charge in [0.25, 0.3) is 0 Å². The first kappa shape index (κ1) is 22.0. The van der Waals surface area contributed by atoms with E-state index in [1.807, 2.05) is 25.1 Å². The maximum Gasteiger partial charge on any atom is 0.407 e. The Kier molecular flexibility index (Phi) is 4.93. The van der Waals surface area contributed by atoms with Gasteiger partial charge in [-0.05, 0) is 37.0 Å². The lowest BCUT2D eigenvalue weighted by Gasteiger charge is -2.48. The molecular weight excluding hydrogens is 432 g/mol. The fraction of sp³-hybridized carbons (Fsp3) is 0.440. The van der Waals surface area contributed by atoms with E-state index in [1.165, 1.54) is 0 Å². The number of carboxylic acid groups (broad SMARTS) is 1. The normalized spacial score (nSPS) is 21.8. The molecule has 3 aromatic heterocycles. The van der Waals surface area contributed by atoms with E-state index in [9.17, 15) is 15.2 Å². The molecule has 3 aromatic rings. The molecule has 2 bridgehead atoms. The van der Waals surface area contributed by atoms with Gasteiger partial charge >= 0.3 is 6.09 Å². The molecule has 1 N–H and O–H groups in total. The number of ether oxygens (including phenoxy) is 1. The Labute approximate surface area is 198 Å². The van der Waals surface area contributed by atoms with Crippen LogP contribution in [0.25, 0.3) is 16.6 Å². The summed E-state index contributed by atoms with van der Waals surface area (Å²) in [5.41, 5.74) is 2.24. The summed E-state index contributed by atoms with van der Waals surface area (Å²) in [6.07, 6.45) is 5.07. The van der Waals surface area contributed by atoms with Gasteiger partial charge in [0.1, 0.15) is 17.6 Å². The quantitative estimate of drug-likeness (QED) is 0.626. The maximum absolute atomic E-state index is 12.0. The zero-order chi connectivity index (χ0) is 24.3. The summed E-state index contributed by atoms with van der Waals surface area (Å²) in [6, 6.07) is 8.19. The summed E-state index contributed by atoms with van der Waals surface area (Å²) < 4.78 is 7.37. The molecule has 1 amide bonds. The van der Waals surface area contributed by atoms with Crippen LogP contribution in [0.15, 0.2) is 36.8 Å². The topological polar surface area (TPSA) is 107 Å². The Morgan fingerprint density at radius 2 is 2.15 bits per heavy atom. The van der Waals surface area contributed by atoms with E-state index in [1.54, 1.807) is 28.0 Å². The van der Waals surface area contributed by atoms with Crippen molar-refractivity contribution in [2.45, 2.75) is 45.7 Å². The summed E-state index contributed by atoms with van der Waals surface area (Å²) in [6.45, 7) is 9.87. The number of amides is 1. The van der Waals surface area contributed by atoms with E-state index in [0.29, 0.717) is 36.5 Å². The summed E-state index contributed by atoms with van der Waals surface area (Å²) in [5.74, 6) is 1.50. The standard InChI is InChI=1S/C25H28N6O3/c1-5-34-19-8-20(22-17(10-26)12-28-31(22)14-19)16-6-7-21(27-11-16)29-15-25(24(2,3)4)9-18(29)13-30(25)23(32)33/h6-8,11-12,14,18H,5,9,13,15H2,1-4H3,(H,32,33)/t18-,25+/m0/s1. The van der Waals surface area contributed by atoms with Crippen molar-refractivity contribution in [2.75, 3.05) is 24.6 Å². The summed E-state index contributed by atoms with van der Waals surface area (Å²) in [7, 11) is 0. The lowest BCUT2D eigenvalue weighted by molar-refractivity contribution is 0.0362. The minimum absolute atomic E-state index is 0.0988. The molecule has 0 aromatic carbocycles. The van der Waals surface area contributed by atoms with Crippen LogP contribution in [0.4, 0.5) is 10.6 Å². The molecule has 9 heteroatoms. The lowest BCUT2D eigenvalue weighted by Crippen LogP contribution is -2.61. The number of nitrogens with zero attached hydrogens (tertiary/aromatic N) is 6. The molecule has 5 heterocycles. The summed E-state index contributed by atoms with van der Waals surface area (Å²) >= 11 is 0. The zero-order valence-corrected chi connectivity index (χ0v) is 19.8. The molecule has 5 rings (SSSR count). The van der Waals surface area contributed by atoms with Crippen molar-refractivity contribution in [2.24, 2.45) is 5.41 Å². The molecule has 176 valence electrons. The van der Waals surface area contributed by atoms with Crippen LogP contribution in [0.1, 0.15) is 39.7 Å². The number of hydrogen-bond donors (Lipinski definition) is 1. The van der Waals surface area contributed by atoms with Gasteiger partial charge in [-0.25, -0.2) is 14.3 Å². The van der Waals surface area contributed by atoms with Gasteiger partial charge < -0.3 is 14.7 Å². The van der Waals surface area contributed by atoms with Crippen molar-refractivity contribution < 1.29 is 14.6 Å². The van der Waals surface area contributed by atoms with Gasteiger partial charge in [-0.3, -0.25) is 4.90 Å². The largest absolute Gasteiger partial charge is 0.492 e. The van der Waals surface area contributed by atoms with Crippen LogP contribution in [-0.4, -0.2) is 62.0 Å². The highest BCUT2D eigenvalue weighted by molar-refractivity contribution is 5.85. The van der Waals surface area contributed by atoms with E-state index >= 15 is 0 Å². The van der Waals surface area contributed by atoms with E-state index in [2.05, 4.69) is 36.8 Å². The number of hydrogen-bond acceptors (Lipinski definition) is 6. The first-order chi connectivity index (χ1) is 16.2. The first-order valence-electron chi connectivity index (χ1n) is 11.5. The van der Waals surface area contributed by atoms with E-state index in [-0.39, 0.29) is 11.5 Å². The highest BCUT2D eigenvalue weighted by atomic mass is 16.5. The summed E-state index contributed by atoms with van der Waals surface area (Å²) in [5, 5.41) is 23.7. The van der Waals surface area contributed by atoms with Crippen LogP contribution in [-0.2, 0) is 0 Å². The Morgan fingerprint density at radius 3 is 2.76 bits per heavy atom. The number of nitriles is 1. The highest BCUT2D eigenvalue weighted by Gasteiger charge is 2.62. The zero-order valence-electron chi connectivity index (χ0n) is 19.8. The molecule has 0 radical (unpaired) electrons. The Morgan fingerprint density at radius 1 is 1.35 bits per heavy atom. The third-order valence-electron chi connectivity index (χ3n) is 7.35. The van der Waals surface area contributed by atoms with Crippen molar-refractivity contribution in [3.63, 3.8) is 0 Å². The number of fused-ring (bicyclic) bond motifs is 3. The van der Waals surface area contributed by atoms with Gasteiger partial charge in [0.2, 0.25) is 0 Å². The predicted octanol–water partition coefficient (Wildman–Crippen LogP) is 4.02. The van der Waals surface area contributed by atoms with Crippen molar-refractivity contribution in [3.8, 4) is 22.9 Å². The number of likely N-dealkylation sites (tertiary alicyclic amines) is 1. The van der Waals surface area contributed by atoms with Gasteiger partial charge in [-0.2, -0.15) is 10.4 Å².